The topological polar surface area (TPSA) is 90.0 Å². The second-order valence-corrected chi connectivity index (χ2v) is 7.25. The molecule has 20 heavy (non-hydrogen) atoms. The minimum Gasteiger partial charge on any atom is -0.399 e. The molecule has 1 aromatic heterocycles. The van der Waals surface area contributed by atoms with Gasteiger partial charge >= 0.3 is 0 Å². The van der Waals surface area contributed by atoms with E-state index in [0.29, 0.717) is 17.1 Å². The van der Waals surface area contributed by atoms with Crippen LogP contribution in [0.5, 0.6) is 0 Å². The van der Waals surface area contributed by atoms with E-state index in [1.165, 1.54) is 18.0 Å². The fraction of sp³-hybridized carbons (Fsp3) is 0.250. The average Bonchev–Trinajstić information content (AvgIpc) is 2.73. The summed E-state index contributed by atoms with van der Waals surface area (Å²) in [6.45, 7) is 0. The Morgan fingerprint density at radius 2 is 2.25 bits per heavy atom. The fourth-order valence-corrected chi connectivity index (χ4v) is 3.99. The van der Waals surface area contributed by atoms with Crippen LogP contribution in [0.25, 0.3) is 0 Å². The molecule has 1 aromatic carbocycles. The third-order valence-corrected chi connectivity index (χ3v) is 5.00. The van der Waals surface area contributed by atoms with Crippen LogP contribution in [0.2, 0.25) is 0 Å². The molecule has 2 aromatic rings. The molecular formula is C12H16N4O2S2. The molecule has 0 aliphatic carbocycles. The number of nitrogen functional groups attached to an aromatic ring is 1. The molecule has 1 heterocycles. The highest BCUT2D eigenvalue weighted by Crippen LogP contribution is 2.20. The summed E-state index contributed by atoms with van der Waals surface area (Å²) in [5.41, 5.74) is 6.81. The van der Waals surface area contributed by atoms with Crippen LogP contribution in [-0.4, -0.2) is 29.7 Å². The summed E-state index contributed by atoms with van der Waals surface area (Å²) in [6.07, 6.45) is 3.09. The number of anilines is 2. The van der Waals surface area contributed by atoms with Gasteiger partial charge in [0.1, 0.15) is 0 Å². The Labute approximate surface area is 122 Å². The molecule has 8 heteroatoms. The van der Waals surface area contributed by atoms with Gasteiger partial charge in [-0.05, 0) is 18.2 Å². The van der Waals surface area contributed by atoms with E-state index in [4.69, 9.17) is 5.73 Å². The van der Waals surface area contributed by atoms with Gasteiger partial charge in [-0.25, -0.2) is 8.42 Å². The van der Waals surface area contributed by atoms with Crippen molar-refractivity contribution in [1.29, 1.82) is 0 Å². The van der Waals surface area contributed by atoms with E-state index in [1.807, 2.05) is 18.2 Å². The van der Waals surface area contributed by atoms with Gasteiger partial charge in [0.2, 0.25) is 10.0 Å². The molecule has 0 fully saturated rings. The van der Waals surface area contributed by atoms with Crippen molar-refractivity contribution in [3.05, 3.63) is 36.7 Å². The number of nitrogens with two attached hydrogens (primary N) is 1. The minimum absolute atomic E-state index is 0.0291. The van der Waals surface area contributed by atoms with E-state index < -0.39 is 10.0 Å². The van der Waals surface area contributed by atoms with Gasteiger partial charge in [-0.2, -0.15) is 5.10 Å². The Bertz CT molecular complexity index is 682. The number of benzene rings is 1. The second-order valence-electron chi connectivity index (χ2n) is 4.24. The zero-order valence-electron chi connectivity index (χ0n) is 11.0. The summed E-state index contributed by atoms with van der Waals surface area (Å²) in [5.74, 6) is 0.487. The Morgan fingerprint density at radius 3 is 2.90 bits per heavy atom. The van der Waals surface area contributed by atoms with Gasteiger partial charge in [0.25, 0.3) is 0 Å². The predicted molar refractivity (Wildman–Crippen MR) is 82.2 cm³/mol. The minimum atomic E-state index is -3.36. The van der Waals surface area contributed by atoms with Crippen LogP contribution in [0.15, 0.2) is 41.6 Å². The number of hydrogen-bond donors (Lipinski definition) is 2. The summed E-state index contributed by atoms with van der Waals surface area (Å²) >= 11 is 1.46. The number of nitrogens with one attached hydrogen (secondary N) is 1. The van der Waals surface area contributed by atoms with Crippen molar-refractivity contribution in [1.82, 2.24) is 9.78 Å². The van der Waals surface area contributed by atoms with Crippen molar-refractivity contribution in [2.24, 2.45) is 7.05 Å². The maximum Gasteiger partial charge on any atom is 0.233 e. The lowest BCUT2D eigenvalue weighted by molar-refractivity contribution is 0.602. The summed E-state index contributed by atoms with van der Waals surface area (Å²) in [7, 11) is -1.63. The van der Waals surface area contributed by atoms with Crippen LogP contribution in [-0.2, 0) is 17.1 Å². The first-order valence-corrected chi connectivity index (χ1v) is 8.56. The standard InChI is InChI=1S/C12H16N4O2S2/c1-16-9-11(8-14-16)15-20(17,18)6-5-19-12-4-2-3-10(13)7-12/h2-4,7-9,15H,5-6,13H2,1H3. The van der Waals surface area contributed by atoms with E-state index in [-0.39, 0.29) is 5.75 Å². The monoisotopic (exact) mass is 312 g/mol. The average molecular weight is 312 g/mol. The maximum absolute atomic E-state index is 11.9. The maximum atomic E-state index is 11.9. The molecule has 0 unspecified atom stereocenters. The van der Waals surface area contributed by atoms with Gasteiger partial charge in [-0.3, -0.25) is 9.40 Å². The molecule has 0 saturated heterocycles. The van der Waals surface area contributed by atoms with Crippen molar-refractivity contribution in [3.63, 3.8) is 0 Å². The Kier molecular flexibility index (Phi) is 4.56. The molecule has 0 aliphatic heterocycles. The molecule has 3 N–H and O–H groups in total. The summed E-state index contributed by atoms with van der Waals surface area (Å²) in [4.78, 5) is 0.960. The molecular weight excluding hydrogens is 296 g/mol. The Hall–Kier alpha value is -1.67. The quantitative estimate of drug-likeness (QED) is 0.624. The molecule has 0 amide bonds. The van der Waals surface area contributed by atoms with Crippen LogP contribution < -0.4 is 10.5 Å². The van der Waals surface area contributed by atoms with Gasteiger partial charge in [0.15, 0.2) is 0 Å². The van der Waals surface area contributed by atoms with Crippen molar-refractivity contribution in [2.75, 3.05) is 22.0 Å². The zero-order chi connectivity index (χ0) is 14.6. The van der Waals surface area contributed by atoms with Gasteiger partial charge in [-0.15, -0.1) is 11.8 Å². The number of nitrogens with zero attached hydrogens (tertiary/aromatic N) is 2. The number of thioether (sulfide) groups is 1. The molecule has 0 radical (unpaired) electrons. The van der Waals surface area contributed by atoms with Crippen molar-refractivity contribution >= 4 is 33.2 Å². The van der Waals surface area contributed by atoms with Gasteiger partial charge in [0, 0.05) is 29.6 Å². The smallest absolute Gasteiger partial charge is 0.233 e. The molecule has 0 spiro atoms. The van der Waals surface area contributed by atoms with E-state index in [9.17, 15) is 8.42 Å². The molecule has 0 atom stereocenters. The summed E-state index contributed by atoms with van der Waals surface area (Å²) < 4.78 is 27.8. The third kappa shape index (κ3) is 4.46. The van der Waals surface area contributed by atoms with E-state index in [2.05, 4.69) is 9.82 Å². The van der Waals surface area contributed by atoms with E-state index in [1.54, 1.807) is 24.0 Å². The summed E-state index contributed by atoms with van der Waals surface area (Å²) in [6, 6.07) is 7.37. The first-order valence-electron chi connectivity index (χ1n) is 5.92. The molecule has 0 saturated carbocycles. The van der Waals surface area contributed by atoms with Gasteiger partial charge in [-0.1, -0.05) is 6.07 Å². The zero-order valence-corrected chi connectivity index (χ0v) is 12.6. The van der Waals surface area contributed by atoms with Crippen molar-refractivity contribution < 1.29 is 8.42 Å². The van der Waals surface area contributed by atoms with Gasteiger partial charge in [0.05, 0.1) is 17.6 Å². The first kappa shape index (κ1) is 14.7. The lowest BCUT2D eigenvalue weighted by Crippen LogP contribution is -2.17. The molecule has 108 valence electrons. The highest BCUT2D eigenvalue weighted by molar-refractivity contribution is 8.01. The number of sulfonamides is 1. The number of rotatable bonds is 6. The predicted octanol–water partition coefficient (Wildman–Crippen LogP) is 1.54. The summed E-state index contributed by atoms with van der Waals surface area (Å²) in [5, 5.41) is 3.91. The van der Waals surface area contributed by atoms with Crippen LogP contribution >= 0.6 is 11.8 Å². The van der Waals surface area contributed by atoms with Crippen LogP contribution in [0.3, 0.4) is 0 Å². The second kappa shape index (κ2) is 6.19. The lowest BCUT2D eigenvalue weighted by Gasteiger charge is -2.06. The Morgan fingerprint density at radius 1 is 1.45 bits per heavy atom. The van der Waals surface area contributed by atoms with Crippen LogP contribution in [0.1, 0.15) is 0 Å². The van der Waals surface area contributed by atoms with E-state index >= 15 is 0 Å². The van der Waals surface area contributed by atoms with Crippen LogP contribution in [0.4, 0.5) is 11.4 Å². The highest BCUT2D eigenvalue weighted by Gasteiger charge is 2.11. The first-order chi connectivity index (χ1) is 9.44. The molecule has 0 aliphatic rings. The largest absolute Gasteiger partial charge is 0.399 e. The number of aryl methyl sites for hydroxylation is 1. The number of aromatic nitrogens is 2. The van der Waals surface area contributed by atoms with Crippen molar-refractivity contribution in [3.8, 4) is 0 Å². The molecule has 2 rings (SSSR count). The van der Waals surface area contributed by atoms with Crippen molar-refractivity contribution in [2.45, 2.75) is 4.90 Å². The van der Waals surface area contributed by atoms with E-state index in [0.717, 1.165) is 4.90 Å². The van der Waals surface area contributed by atoms with Gasteiger partial charge < -0.3 is 5.73 Å². The highest BCUT2D eigenvalue weighted by atomic mass is 32.2. The fourth-order valence-electron chi connectivity index (χ4n) is 1.58. The SMILES string of the molecule is Cn1cc(NS(=O)(=O)CCSc2cccc(N)c2)cn1. The molecule has 6 nitrogen and oxygen atoms in total. The normalized spacial score (nSPS) is 11.4. The Balaban J connectivity index is 1.86. The molecule has 0 bridgehead atoms. The number of hydrogen-bond acceptors (Lipinski definition) is 5. The lowest BCUT2D eigenvalue weighted by atomic mass is 10.3. The van der Waals surface area contributed by atoms with Crippen LogP contribution in [0, 0.1) is 0 Å². The third-order valence-electron chi connectivity index (χ3n) is 2.46.